The molecule has 7 rings (SSSR count). The zero-order chi connectivity index (χ0) is 37.5. The summed E-state index contributed by atoms with van der Waals surface area (Å²) in [7, 11) is 0. The smallest absolute Gasteiger partial charge is 0.380 e. The average molecular weight is 787 g/mol. The van der Waals surface area contributed by atoms with Crippen molar-refractivity contribution in [1.82, 2.24) is 0 Å². The number of hydrogen-bond acceptors (Lipinski definition) is 6. The molecule has 4 heterocycles. The Morgan fingerprint density at radius 2 is 0.962 bits per heavy atom. The van der Waals surface area contributed by atoms with E-state index in [2.05, 4.69) is 0 Å². The minimum absolute atomic E-state index is 0.0860. The average Bonchev–Trinajstić information content (AvgIpc) is 3.90. The van der Waals surface area contributed by atoms with Crippen LogP contribution in [0.15, 0.2) is 84.9 Å². The van der Waals surface area contributed by atoms with Gasteiger partial charge in [0.25, 0.3) is 0 Å². The van der Waals surface area contributed by atoms with E-state index in [1.807, 2.05) is 58.9 Å². The first-order valence-electron chi connectivity index (χ1n) is 16.3. The van der Waals surface area contributed by atoms with Gasteiger partial charge in [0.05, 0.1) is 0 Å². The molecule has 0 saturated carbocycles. The first kappa shape index (κ1) is 36.5. The molecule has 0 aliphatic heterocycles. The summed E-state index contributed by atoms with van der Waals surface area (Å²) in [6, 6.07) is 21.1. The Hall–Kier alpha value is -3.84. The van der Waals surface area contributed by atoms with E-state index in [4.69, 9.17) is 0 Å². The van der Waals surface area contributed by atoms with Gasteiger partial charge in [-0.1, -0.05) is 34.6 Å². The molecule has 2 aromatic carbocycles. The molecule has 0 bridgehead atoms. The van der Waals surface area contributed by atoms with Gasteiger partial charge in [-0.2, -0.15) is 26.3 Å². The Labute approximate surface area is 313 Å². The maximum atomic E-state index is 16.5. The summed E-state index contributed by atoms with van der Waals surface area (Å²) < 4.78 is 97.6. The molecule has 0 radical (unpaired) electrons. The van der Waals surface area contributed by atoms with E-state index in [1.54, 1.807) is 0 Å². The van der Waals surface area contributed by atoms with Crippen molar-refractivity contribution in [1.29, 1.82) is 0 Å². The fraction of sp³-hybridized carbons (Fsp3) is 0.250. The number of benzene rings is 2. The molecular formula is C40H32F6O2S4. The highest BCUT2D eigenvalue weighted by Gasteiger charge is 2.80. The zero-order valence-electron chi connectivity index (χ0n) is 28.5. The Balaban J connectivity index is 1.56. The van der Waals surface area contributed by atoms with Crippen molar-refractivity contribution in [2.75, 3.05) is 0 Å². The van der Waals surface area contributed by atoms with Crippen LogP contribution in [-0.4, -0.2) is 28.0 Å². The van der Waals surface area contributed by atoms with Crippen LogP contribution in [0.5, 0.6) is 11.5 Å². The third kappa shape index (κ3) is 5.91. The third-order valence-corrected chi connectivity index (χ3v) is 14.6. The molecule has 270 valence electrons. The number of halogens is 6. The van der Waals surface area contributed by atoms with Crippen molar-refractivity contribution in [2.45, 2.75) is 63.7 Å². The Kier molecular flexibility index (Phi) is 8.88. The van der Waals surface area contributed by atoms with Crippen molar-refractivity contribution < 1.29 is 36.6 Å². The second-order valence-corrected chi connectivity index (χ2v) is 18.3. The summed E-state index contributed by atoms with van der Waals surface area (Å²) in [5.74, 6) is -16.4. The molecule has 0 spiro atoms. The molecule has 0 atom stereocenters. The van der Waals surface area contributed by atoms with E-state index in [1.165, 1.54) is 83.3 Å². The lowest BCUT2D eigenvalue weighted by Crippen LogP contribution is -2.48. The van der Waals surface area contributed by atoms with Crippen LogP contribution in [0, 0.1) is 0 Å². The van der Waals surface area contributed by atoms with Crippen LogP contribution >= 0.6 is 45.3 Å². The quantitative estimate of drug-likeness (QED) is 0.158. The van der Waals surface area contributed by atoms with Crippen LogP contribution in [-0.2, 0) is 5.41 Å². The van der Waals surface area contributed by atoms with E-state index in [9.17, 15) is 10.2 Å². The van der Waals surface area contributed by atoms with Crippen molar-refractivity contribution in [3.05, 3.63) is 106 Å². The lowest BCUT2D eigenvalue weighted by molar-refractivity contribution is -0.254. The molecule has 0 saturated heterocycles. The lowest BCUT2D eigenvalue weighted by Gasteiger charge is -2.26. The molecule has 6 aromatic rings. The van der Waals surface area contributed by atoms with Gasteiger partial charge in [0, 0.05) is 61.3 Å². The summed E-state index contributed by atoms with van der Waals surface area (Å²) in [5.41, 5.74) is -3.40. The number of hydrogen-bond donors (Lipinski definition) is 2. The van der Waals surface area contributed by atoms with Crippen molar-refractivity contribution in [3.8, 4) is 51.9 Å². The van der Waals surface area contributed by atoms with Gasteiger partial charge in [0.1, 0.15) is 11.5 Å². The summed E-state index contributed by atoms with van der Waals surface area (Å²) in [6.45, 7) is 10.1. The molecule has 4 aromatic heterocycles. The summed E-state index contributed by atoms with van der Waals surface area (Å²) in [6.07, 6.45) is 0. The number of phenolic OH excluding ortho intramolecular Hbond substituents is 2. The van der Waals surface area contributed by atoms with E-state index < -0.39 is 40.0 Å². The second kappa shape index (κ2) is 12.6. The predicted octanol–water partition coefficient (Wildman–Crippen LogP) is 14.3. The number of rotatable bonds is 7. The van der Waals surface area contributed by atoms with Crippen LogP contribution in [0.2, 0.25) is 0 Å². The molecular weight excluding hydrogens is 755 g/mol. The number of allylic oxidation sites excluding steroid dienone is 2. The fourth-order valence-electron chi connectivity index (χ4n) is 6.15. The highest BCUT2D eigenvalue weighted by Crippen LogP contribution is 2.67. The summed E-state index contributed by atoms with van der Waals surface area (Å²) in [4.78, 5) is 4.42. The van der Waals surface area contributed by atoms with Gasteiger partial charge in [-0.05, 0) is 107 Å². The normalized spacial score (nSPS) is 16.7. The molecule has 0 unspecified atom stereocenters. The fourth-order valence-corrected chi connectivity index (χ4v) is 10.7. The maximum Gasteiger partial charge on any atom is 0.380 e. The van der Waals surface area contributed by atoms with Gasteiger partial charge in [-0.25, -0.2) is 0 Å². The minimum atomic E-state index is -5.77. The lowest BCUT2D eigenvalue weighted by atomic mass is 9.92. The van der Waals surface area contributed by atoms with E-state index in [-0.39, 0.29) is 32.6 Å². The van der Waals surface area contributed by atoms with Gasteiger partial charge in [0.15, 0.2) is 0 Å². The topological polar surface area (TPSA) is 40.5 Å². The summed E-state index contributed by atoms with van der Waals surface area (Å²) >= 11 is 4.90. The number of phenols is 2. The van der Waals surface area contributed by atoms with Crippen molar-refractivity contribution >= 4 is 56.5 Å². The molecule has 1 aliphatic rings. The molecule has 52 heavy (non-hydrogen) atoms. The first-order chi connectivity index (χ1) is 24.3. The number of aromatic hydroxyl groups is 2. The van der Waals surface area contributed by atoms with Gasteiger partial charge in [0.2, 0.25) is 0 Å². The van der Waals surface area contributed by atoms with Crippen molar-refractivity contribution in [2.24, 2.45) is 0 Å². The molecule has 0 fully saturated rings. The van der Waals surface area contributed by atoms with E-state index in [0.29, 0.717) is 30.6 Å². The highest BCUT2D eigenvalue weighted by molar-refractivity contribution is 7.24. The van der Waals surface area contributed by atoms with Gasteiger partial charge in [-0.3, -0.25) is 0 Å². The van der Waals surface area contributed by atoms with Crippen LogP contribution in [0.1, 0.15) is 61.4 Å². The standard InChI is InChI=1S/C40H32F6O2S4/c1-20(2)27-14-15-28(49-27)30-18-25(35(51-30)21-6-10-23(47)11-7-21)33-34(39(43,44)40(45,46)38(33,41)42)26-19-31(29-16-17-32(50-29)37(3,4)5)52-36(26)22-8-12-24(48)13-9-22/h6-20,47-48H,1-5H3. The van der Waals surface area contributed by atoms with Crippen LogP contribution in [0.25, 0.3) is 51.5 Å². The highest BCUT2D eigenvalue weighted by atomic mass is 32.1. The number of alkyl halides is 6. The number of thiophene rings is 4. The molecule has 12 heteroatoms. The molecule has 0 amide bonds. The van der Waals surface area contributed by atoms with E-state index in [0.717, 1.165) is 32.4 Å². The Morgan fingerprint density at radius 1 is 0.538 bits per heavy atom. The minimum Gasteiger partial charge on any atom is -0.508 e. The van der Waals surface area contributed by atoms with Crippen LogP contribution in [0.3, 0.4) is 0 Å². The SMILES string of the molecule is CC(C)c1ccc(-c2cc(C3=C(c4cc(-c5ccc(C(C)(C)C)s5)sc4-c4ccc(O)cc4)C(F)(F)C(F)(F)C3(F)F)c(-c3ccc(O)cc3)s2)s1. The third-order valence-electron chi connectivity index (χ3n) is 8.96. The maximum absolute atomic E-state index is 16.5. The molecule has 1 aliphatic carbocycles. The first-order valence-corrected chi connectivity index (χ1v) is 19.5. The van der Waals surface area contributed by atoms with Gasteiger partial charge in [-0.15, -0.1) is 45.3 Å². The Morgan fingerprint density at radius 3 is 1.35 bits per heavy atom. The van der Waals surface area contributed by atoms with Gasteiger partial charge >= 0.3 is 17.8 Å². The predicted molar refractivity (Wildman–Crippen MR) is 204 cm³/mol. The van der Waals surface area contributed by atoms with E-state index >= 15 is 26.3 Å². The van der Waals surface area contributed by atoms with Crippen LogP contribution < -0.4 is 0 Å². The Bertz CT molecular complexity index is 2310. The largest absolute Gasteiger partial charge is 0.508 e. The van der Waals surface area contributed by atoms with Crippen molar-refractivity contribution in [3.63, 3.8) is 0 Å². The van der Waals surface area contributed by atoms with Gasteiger partial charge < -0.3 is 10.2 Å². The molecule has 2 N–H and O–H groups in total. The zero-order valence-corrected chi connectivity index (χ0v) is 31.7. The monoisotopic (exact) mass is 786 g/mol. The summed E-state index contributed by atoms with van der Waals surface area (Å²) in [5, 5.41) is 20.0. The second-order valence-electron chi connectivity index (χ2n) is 14.0. The van der Waals surface area contributed by atoms with Crippen LogP contribution in [0.4, 0.5) is 26.3 Å². The molecule has 2 nitrogen and oxygen atoms in total.